The third kappa shape index (κ3) is 13.0. The van der Waals surface area contributed by atoms with Crippen molar-refractivity contribution < 1.29 is 106 Å². The number of hydrogen-bond acceptors (Lipinski definition) is 22. The van der Waals surface area contributed by atoms with E-state index in [1.54, 1.807) is 0 Å². The smallest absolute Gasteiger partial charge is 0.477 e. The summed E-state index contributed by atoms with van der Waals surface area (Å²) in [6.45, 7) is 2.72. The normalized spacial score (nSPS) is 22.3. The zero-order valence-electron chi connectivity index (χ0n) is 33.3. The number of nitrogen functional groups attached to an aromatic ring is 1. The Balaban J connectivity index is 1.48. The average molecular weight is 972 g/mol. The molecule has 1 fully saturated rings. The number of carbonyl (C=O) groups is 4. The van der Waals surface area contributed by atoms with Crippen molar-refractivity contribution >= 4 is 75.1 Å². The van der Waals surface area contributed by atoms with Crippen molar-refractivity contribution in [3.63, 3.8) is 0 Å². The van der Waals surface area contributed by atoms with Crippen LogP contribution in [0.25, 0.3) is 11.2 Å². The fourth-order valence-electron chi connectivity index (χ4n) is 5.30. The predicted octanol–water partition coefficient (Wildman–Crippen LogP) is -2.79. The molecule has 2 aromatic rings. The van der Waals surface area contributed by atoms with Crippen molar-refractivity contribution in [1.29, 1.82) is 0 Å². The van der Waals surface area contributed by atoms with Crippen LogP contribution in [0.3, 0.4) is 0 Å². The number of nitrogens with zero attached hydrogens (tertiary/aromatic N) is 4. The number of aliphatic carboxylic acids is 1. The van der Waals surface area contributed by atoms with Gasteiger partial charge in [-0.3, -0.25) is 32.5 Å². The Labute approximate surface area is 354 Å². The van der Waals surface area contributed by atoms with Gasteiger partial charge in [0.15, 0.2) is 22.8 Å². The molecule has 0 bridgehead atoms. The zero-order chi connectivity index (χ0) is 47.4. The lowest BCUT2D eigenvalue weighted by Gasteiger charge is -2.43. The molecule has 1 aliphatic rings. The quantitative estimate of drug-likeness (QED) is 0.0304. The molecule has 3 rings (SSSR count). The van der Waals surface area contributed by atoms with Crippen molar-refractivity contribution in [1.82, 2.24) is 30.2 Å². The van der Waals surface area contributed by atoms with E-state index in [0.29, 0.717) is 11.8 Å². The molecule has 0 aromatic carbocycles. The first kappa shape index (κ1) is 53.2. The fourth-order valence-corrected chi connectivity index (χ4v) is 9.08. The summed E-state index contributed by atoms with van der Waals surface area (Å²) in [5, 5.41) is 64.5. The summed E-state index contributed by atoms with van der Waals surface area (Å²) in [7, 11) is -16.6. The molecule has 29 nitrogen and oxygen atoms in total. The van der Waals surface area contributed by atoms with Crippen molar-refractivity contribution in [3.05, 3.63) is 12.7 Å². The van der Waals surface area contributed by atoms with E-state index in [1.165, 1.54) is 13.8 Å². The summed E-state index contributed by atoms with van der Waals surface area (Å²) in [5.74, 6) is -7.74. The zero-order valence-corrected chi connectivity index (χ0v) is 36.8. The van der Waals surface area contributed by atoms with Crippen LogP contribution in [-0.4, -0.2) is 160 Å². The van der Waals surface area contributed by atoms with Crippen molar-refractivity contribution in [2.24, 2.45) is 10.8 Å². The Kier molecular flexibility index (Phi) is 17.2. The number of rotatable bonds is 23. The Morgan fingerprint density at radius 1 is 0.968 bits per heavy atom. The topological polar surface area (TPSA) is 462 Å². The van der Waals surface area contributed by atoms with Gasteiger partial charge >= 0.3 is 29.4 Å². The maximum atomic E-state index is 12.7. The number of amides is 2. The summed E-state index contributed by atoms with van der Waals surface area (Å²) in [6, 6.07) is 0. The maximum Gasteiger partial charge on any atom is 0.481 e. The fraction of sp³-hybridized carbons (Fsp3) is 0.690. The van der Waals surface area contributed by atoms with Crippen LogP contribution >= 0.6 is 35.2 Å². The van der Waals surface area contributed by atoms with E-state index in [0.717, 1.165) is 38.0 Å². The highest BCUT2D eigenvalue weighted by Gasteiger charge is 2.62. The van der Waals surface area contributed by atoms with Gasteiger partial charge in [0.25, 0.3) is 5.79 Å². The molecular weight excluding hydrogens is 923 g/mol. The number of phosphoric ester groups is 3. The summed E-state index contributed by atoms with van der Waals surface area (Å²) in [6.07, 6.45) is -7.39. The lowest BCUT2D eigenvalue weighted by atomic mass is 9.71. The number of aliphatic hydroxyl groups is 5. The second-order valence-corrected chi connectivity index (χ2v) is 20.2. The lowest BCUT2D eigenvalue weighted by molar-refractivity contribution is -0.288. The molecule has 33 heteroatoms. The summed E-state index contributed by atoms with van der Waals surface area (Å²) < 4.78 is 62.0. The molecule has 62 heavy (non-hydrogen) atoms. The van der Waals surface area contributed by atoms with Crippen LogP contribution in [0.1, 0.15) is 47.3 Å². The minimum Gasteiger partial charge on any atom is -0.477 e. The van der Waals surface area contributed by atoms with E-state index in [4.69, 9.17) is 24.6 Å². The average Bonchev–Trinajstić information content (AvgIpc) is 3.70. The number of nitrogens with one attached hydrogen (secondary N) is 2. The number of carboxylic acid groups (broad SMARTS) is 1. The molecule has 1 aliphatic heterocycles. The van der Waals surface area contributed by atoms with Gasteiger partial charge in [0.1, 0.15) is 41.9 Å². The molecule has 3 unspecified atom stereocenters. The highest BCUT2D eigenvalue weighted by atomic mass is 32.2. The largest absolute Gasteiger partial charge is 0.481 e. The number of hydrogen-bond donors (Lipinski definition) is 13. The van der Waals surface area contributed by atoms with Crippen LogP contribution in [0.5, 0.6) is 0 Å². The number of aliphatic hydroxyl groups excluding tert-OH is 2. The molecular formula is C29H48N7O22P3S. The Bertz CT molecular complexity index is 2120. The predicted molar refractivity (Wildman–Crippen MR) is 206 cm³/mol. The Hall–Kier alpha value is -3.09. The van der Waals surface area contributed by atoms with E-state index < -0.39 is 112 Å². The van der Waals surface area contributed by atoms with Gasteiger partial charge < -0.3 is 71.3 Å². The summed E-state index contributed by atoms with van der Waals surface area (Å²) in [5.41, 5.74) is -0.706. The number of ether oxygens (including phenoxy) is 1. The number of imidazole rings is 1. The number of carboxylic acids is 1. The molecule has 0 aliphatic carbocycles. The molecule has 0 saturated carbocycles. The third-order valence-electron chi connectivity index (χ3n) is 9.44. The molecule has 2 amide bonds. The lowest BCUT2D eigenvalue weighted by Crippen LogP contribution is -2.66. The standard InChI is InChI=1S/C29H48N7O22P3S/c1-26(2,19(39)22(40)32-7-6-15(37)31-8-9-62-25(43)27(3,4)28(5,44)29(45,46)24(41)42)11-55-61(52,53)58-60(50,51)54-10-14-18(57-59(47,48)49)17(38)23(56-14)36-13-35-16-20(30)33-12-34-21(16)36/h12-14,17-19,23,38-39,44-46H,6-11H2,1-5H3,(H,31,37)(H,32,40)(H,41,42)(H,50,51)(H,52,53)(H2,30,33,34)(H2,47,48,49)/t14-,17-,18-,19+,23-,28?/m1/s1. The van der Waals surface area contributed by atoms with E-state index in [9.17, 15) is 78.0 Å². The number of nitrogens with two attached hydrogens (primary N) is 1. The van der Waals surface area contributed by atoms with E-state index in [-0.39, 0.29) is 42.2 Å². The van der Waals surface area contributed by atoms with Crippen molar-refractivity contribution in [2.45, 2.75) is 83.1 Å². The summed E-state index contributed by atoms with van der Waals surface area (Å²) >= 11 is 0.557. The van der Waals surface area contributed by atoms with Crippen LogP contribution in [-0.2, 0) is 55.5 Å². The molecule has 352 valence electrons. The van der Waals surface area contributed by atoms with Gasteiger partial charge in [-0.1, -0.05) is 25.6 Å². The van der Waals surface area contributed by atoms with Gasteiger partial charge in [0.2, 0.25) is 11.8 Å². The first-order valence-corrected chi connectivity index (χ1v) is 23.1. The maximum absolute atomic E-state index is 12.7. The van der Waals surface area contributed by atoms with Crippen LogP contribution < -0.4 is 16.4 Å². The Morgan fingerprint density at radius 2 is 1.58 bits per heavy atom. The highest BCUT2D eigenvalue weighted by molar-refractivity contribution is 8.13. The number of phosphoric acid groups is 3. The van der Waals surface area contributed by atoms with Gasteiger partial charge in [-0.05, 0) is 20.8 Å². The summed E-state index contributed by atoms with van der Waals surface area (Å²) in [4.78, 5) is 99.7. The number of aromatic nitrogens is 4. The third-order valence-corrected chi connectivity index (χ3v) is 13.7. The van der Waals surface area contributed by atoms with Gasteiger partial charge in [-0.2, -0.15) is 4.31 Å². The van der Waals surface area contributed by atoms with E-state index >= 15 is 0 Å². The molecule has 1 saturated heterocycles. The number of carbonyl (C=O) groups excluding carboxylic acids is 3. The molecule has 8 atom stereocenters. The monoisotopic (exact) mass is 971 g/mol. The first-order valence-electron chi connectivity index (χ1n) is 17.6. The Morgan fingerprint density at radius 3 is 2.18 bits per heavy atom. The van der Waals surface area contributed by atoms with Gasteiger partial charge in [-0.25, -0.2) is 33.4 Å². The molecule has 0 radical (unpaired) electrons. The number of anilines is 1. The van der Waals surface area contributed by atoms with Crippen molar-refractivity contribution in [2.75, 3.05) is 37.8 Å². The van der Waals surface area contributed by atoms with Crippen LogP contribution in [0.2, 0.25) is 0 Å². The molecule has 14 N–H and O–H groups in total. The second kappa shape index (κ2) is 20.0. The number of thioether (sulfide) groups is 1. The first-order chi connectivity index (χ1) is 28.2. The van der Waals surface area contributed by atoms with Gasteiger partial charge in [0.05, 0.1) is 25.0 Å². The van der Waals surface area contributed by atoms with E-state index in [2.05, 4.69) is 34.4 Å². The second-order valence-electron chi connectivity index (χ2n) is 14.9. The minimum absolute atomic E-state index is 0.00343. The SMILES string of the molecule is CC(C)(COP(=O)(O)OP(=O)(O)OC[C@H]1O[C@@H](n2cnc3c(N)ncnc32)[C@H](O)[C@@H]1OP(=O)(O)O)[C@@H](O)C(=O)NCCC(=O)NCCSC(=O)C(C)(C)C(C)(O)C(O)(O)C(=O)O. The van der Waals surface area contributed by atoms with Crippen molar-refractivity contribution in [3.8, 4) is 0 Å². The molecule has 3 heterocycles. The molecule has 2 aromatic heterocycles. The van der Waals surface area contributed by atoms with Gasteiger partial charge in [-0.15, -0.1) is 0 Å². The van der Waals surface area contributed by atoms with Crippen LogP contribution in [0.15, 0.2) is 12.7 Å². The van der Waals surface area contributed by atoms with Gasteiger partial charge in [0, 0.05) is 30.7 Å². The number of fused-ring (bicyclic) bond motifs is 1. The minimum atomic E-state index is -5.63. The molecule has 0 spiro atoms. The van der Waals surface area contributed by atoms with E-state index in [1.807, 2.05) is 0 Å². The van der Waals surface area contributed by atoms with Crippen LogP contribution in [0.4, 0.5) is 5.82 Å². The van der Waals surface area contributed by atoms with Crippen LogP contribution in [0, 0.1) is 10.8 Å². The highest BCUT2D eigenvalue weighted by Crippen LogP contribution is 2.61.